The van der Waals surface area contributed by atoms with E-state index in [1.54, 1.807) is 12.1 Å². The van der Waals surface area contributed by atoms with Crippen LogP contribution in [0.5, 0.6) is 5.75 Å². The van der Waals surface area contributed by atoms with Crippen molar-refractivity contribution in [3.63, 3.8) is 0 Å². The number of hydrogen-bond donors (Lipinski definition) is 0. The van der Waals surface area contributed by atoms with E-state index in [2.05, 4.69) is 9.72 Å². The predicted octanol–water partition coefficient (Wildman–Crippen LogP) is 2.82. The van der Waals surface area contributed by atoms with E-state index in [9.17, 15) is 23.7 Å². The summed E-state index contributed by atoms with van der Waals surface area (Å²) >= 11 is 0. The van der Waals surface area contributed by atoms with E-state index in [-0.39, 0.29) is 11.3 Å². The summed E-state index contributed by atoms with van der Waals surface area (Å²) in [7, 11) is 0. The Morgan fingerprint density at radius 3 is 2.62 bits per heavy atom. The fraction of sp³-hybridized carbons (Fsp3) is 0.0769. The highest BCUT2D eigenvalue weighted by atomic mass is 19.3. The van der Waals surface area contributed by atoms with Crippen LogP contribution in [0.15, 0.2) is 42.6 Å². The van der Waals surface area contributed by atoms with E-state index >= 15 is 0 Å². The Hall–Kier alpha value is -2.90. The van der Waals surface area contributed by atoms with Crippen LogP contribution >= 0.6 is 0 Å². The number of halogens is 2. The molecule has 0 bridgehead atoms. The lowest BCUT2D eigenvalue weighted by molar-refractivity contribution is -0.385. The molecule has 0 N–H and O–H groups in total. The third kappa shape index (κ3) is 3.35. The zero-order valence-corrected chi connectivity index (χ0v) is 10.4. The average molecular weight is 294 g/mol. The molecule has 0 unspecified atom stereocenters. The second kappa shape index (κ2) is 6.04. The molecule has 6 nitrogen and oxygen atoms in total. The minimum absolute atomic E-state index is 0.0168. The van der Waals surface area contributed by atoms with Crippen molar-refractivity contribution < 1.29 is 23.2 Å². The predicted molar refractivity (Wildman–Crippen MR) is 67.4 cm³/mol. The minimum Gasteiger partial charge on any atom is -0.435 e. The van der Waals surface area contributed by atoms with Crippen molar-refractivity contribution in [3.05, 3.63) is 64.0 Å². The first-order chi connectivity index (χ1) is 9.99. The molecule has 0 aliphatic carbocycles. The normalized spacial score (nSPS) is 10.4. The smallest absolute Gasteiger partial charge is 0.387 e. The molecule has 1 aromatic heterocycles. The topological polar surface area (TPSA) is 82.3 Å². The summed E-state index contributed by atoms with van der Waals surface area (Å²) in [5.41, 5.74) is -0.854. The molecular weight excluding hydrogens is 286 g/mol. The van der Waals surface area contributed by atoms with Crippen molar-refractivity contribution in [2.75, 3.05) is 0 Å². The SMILES string of the molecule is O=C(c1ccccn1)c1ccc(OC(F)F)cc1[N+](=O)[O-]. The largest absolute Gasteiger partial charge is 0.435 e. The standard InChI is InChI=1S/C13H8F2N2O4/c14-13(15)21-8-4-5-9(11(7-8)17(19)20)12(18)10-3-1-2-6-16-10/h1-7,13H. The summed E-state index contributed by atoms with van der Waals surface area (Å²) < 4.78 is 28.3. The zero-order chi connectivity index (χ0) is 15.4. The lowest BCUT2D eigenvalue weighted by atomic mass is 10.1. The Morgan fingerprint density at radius 2 is 2.05 bits per heavy atom. The van der Waals surface area contributed by atoms with Crippen LogP contribution in [0, 0.1) is 10.1 Å². The van der Waals surface area contributed by atoms with Crippen molar-refractivity contribution >= 4 is 11.5 Å². The number of alkyl halides is 2. The van der Waals surface area contributed by atoms with Gasteiger partial charge in [0.15, 0.2) is 0 Å². The summed E-state index contributed by atoms with van der Waals surface area (Å²) in [6, 6.07) is 7.45. The van der Waals surface area contributed by atoms with Crippen LogP contribution in [0.1, 0.15) is 16.1 Å². The maximum absolute atomic E-state index is 12.1. The van der Waals surface area contributed by atoms with Crippen LogP contribution in [-0.4, -0.2) is 22.3 Å². The van der Waals surface area contributed by atoms with E-state index in [0.29, 0.717) is 0 Å². The van der Waals surface area contributed by atoms with Crippen LogP contribution in [0.2, 0.25) is 0 Å². The number of aromatic nitrogens is 1. The first kappa shape index (κ1) is 14.5. The van der Waals surface area contributed by atoms with Gasteiger partial charge in [-0.25, -0.2) is 0 Å². The van der Waals surface area contributed by atoms with Gasteiger partial charge in [-0.05, 0) is 24.3 Å². The molecule has 0 amide bonds. The number of hydrogen-bond acceptors (Lipinski definition) is 5. The molecule has 1 heterocycles. The van der Waals surface area contributed by atoms with Gasteiger partial charge in [-0.1, -0.05) is 6.07 Å². The summed E-state index contributed by atoms with van der Waals surface area (Å²) in [6.45, 7) is -3.11. The van der Waals surface area contributed by atoms with Gasteiger partial charge in [0.1, 0.15) is 17.0 Å². The quantitative estimate of drug-likeness (QED) is 0.481. The van der Waals surface area contributed by atoms with Crippen LogP contribution in [0.3, 0.4) is 0 Å². The molecular formula is C13H8F2N2O4. The van der Waals surface area contributed by atoms with Crippen molar-refractivity contribution in [2.24, 2.45) is 0 Å². The first-order valence-electron chi connectivity index (χ1n) is 5.68. The van der Waals surface area contributed by atoms with Gasteiger partial charge in [0, 0.05) is 6.20 Å². The Kier molecular flexibility index (Phi) is 4.17. The number of nitro groups is 1. The van der Waals surface area contributed by atoms with Gasteiger partial charge in [0.2, 0.25) is 5.78 Å². The summed E-state index contributed by atoms with van der Waals surface area (Å²) in [6.07, 6.45) is 1.37. The molecule has 21 heavy (non-hydrogen) atoms. The molecule has 2 rings (SSSR count). The van der Waals surface area contributed by atoms with Gasteiger partial charge >= 0.3 is 6.61 Å². The van der Waals surface area contributed by atoms with Crippen molar-refractivity contribution in [3.8, 4) is 5.75 Å². The number of benzene rings is 1. The van der Waals surface area contributed by atoms with Gasteiger partial charge in [-0.15, -0.1) is 0 Å². The lowest BCUT2D eigenvalue weighted by Gasteiger charge is -2.06. The molecule has 0 saturated carbocycles. The molecule has 0 fully saturated rings. The molecule has 0 saturated heterocycles. The van der Waals surface area contributed by atoms with Crippen molar-refractivity contribution in [1.29, 1.82) is 0 Å². The van der Waals surface area contributed by atoms with E-state index < -0.39 is 28.8 Å². The fourth-order valence-corrected chi connectivity index (χ4v) is 1.67. The number of nitro benzene ring substituents is 1. The second-order valence-corrected chi connectivity index (χ2v) is 3.86. The number of rotatable bonds is 5. The molecule has 0 atom stereocenters. The van der Waals surface area contributed by atoms with Gasteiger partial charge < -0.3 is 4.74 Å². The third-order valence-corrected chi connectivity index (χ3v) is 2.53. The van der Waals surface area contributed by atoms with Crippen LogP contribution in [0.25, 0.3) is 0 Å². The Morgan fingerprint density at radius 1 is 1.29 bits per heavy atom. The van der Waals surface area contributed by atoms with Gasteiger partial charge in [0.25, 0.3) is 5.69 Å². The molecule has 0 radical (unpaired) electrons. The molecule has 2 aromatic rings. The Balaban J connectivity index is 2.44. The molecule has 0 spiro atoms. The van der Waals surface area contributed by atoms with Gasteiger partial charge in [-0.2, -0.15) is 8.78 Å². The molecule has 0 aliphatic rings. The molecule has 1 aromatic carbocycles. The third-order valence-electron chi connectivity index (χ3n) is 2.53. The molecule has 8 heteroatoms. The lowest BCUT2D eigenvalue weighted by Crippen LogP contribution is -2.08. The fourth-order valence-electron chi connectivity index (χ4n) is 1.67. The van der Waals surface area contributed by atoms with Gasteiger partial charge in [0.05, 0.1) is 11.0 Å². The van der Waals surface area contributed by atoms with E-state index in [1.165, 1.54) is 12.3 Å². The molecule has 0 aliphatic heterocycles. The first-order valence-corrected chi connectivity index (χ1v) is 5.68. The maximum atomic E-state index is 12.1. The minimum atomic E-state index is -3.11. The number of ketones is 1. The van der Waals surface area contributed by atoms with Crippen LogP contribution in [0.4, 0.5) is 14.5 Å². The van der Waals surface area contributed by atoms with E-state index in [4.69, 9.17) is 0 Å². The molecule has 108 valence electrons. The Labute approximate surface area is 117 Å². The van der Waals surface area contributed by atoms with Crippen molar-refractivity contribution in [1.82, 2.24) is 4.98 Å². The monoisotopic (exact) mass is 294 g/mol. The second-order valence-electron chi connectivity index (χ2n) is 3.86. The van der Waals surface area contributed by atoms with Gasteiger partial charge in [-0.3, -0.25) is 19.9 Å². The van der Waals surface area contributed by atoms with E-state index in [1.807, 2.05) is 0 Å². The number of ether oxygens (including phenoxy) is 1. The average Bonchev–Trinajstić information content (AvgIpc) is 2.46. The number of pyridine rings is 1. The van der Waals surface area contributed by atoms with E-state index in [0.717, 1.165) is 18.2 Å². The van der Waals surface area contributed by atoms with Crippen LogP contribution < -0.4 is 4.74 Å². The number of carbonyl (C=O) groups is 1. The highest BCUT2D eigenvalue weighted by Crippen LogP contribution is 2.27. The highest BCUT2D eigenvalue weighted by molar-refractivity contribution is 6.10. The summed E-state index contributed by atoms with van der Waals surface area (Å²) in [5, 5.41) is 11.0. The Bertz CT molecular complexity index is 677. The summed E-state index contributed by atoms with van der Waals surface area (Å²) in [4.78, 5) is 26.1. The zero-order valence-electron chi connectivity index (χ0n) is 10.4. The number of nitrogens with zero attached hydrogens (tertiary/aromatic N) is 2. The summed E-state index contributed by atoms with van der Waals surface area (Å²) in [5.74, 6) is -1.07. The number of carbonyl (C=O) groups excluding carboxylic acids is 1. The van der Waals surface area contributed by atoms with Crippen molar-refractivity contribution in [2.45, 2.75) is 6.61 Å². The van der Waals surface area contributed by atoms with Crippen LogP contribution in [-0.2, 0) is 0 Å². The maximum Gasteiger partial charge on any atom is 0.387 e. The highest BCUT2D eigenvalue weighted by Gasteiger charge is 2.23.